The van der Waals surface area contributed by atoms with Gasteiger partial charge in [0.1, 0.15) is 0 Å². The highest BCUT2D eigenvalue weighted by Crippen LogP contribution is 2.41. The van der Waals surface area contributed by atoms with E-state index < -0.39 is 17.8 Å². The van der Waals surface area contributed by atoms with Crippen LogP contribution in [0.2, 0.25) is 0 Å². The minimum absolute atomic E-state index is 0.128. The van der Waals surface area contributed by atoms with Crippen LogP contribution in [0.1, 0.15) is 26.2 Å². The highest BCUT2D eigenvalue weighted by Gasteiger charge is 2.45. The molecular weight excluding hydrogens is 270 g/mol. The van der Waals surface area contributed by atoms with E-state index in [9.17, 15) is 18.4 Å². The Balaban J connectivity index is 1.78. The number of carbonyl (C=O) groups excluding carboxylic acids is 1. The first-order chi connectivity index (χ1) is 9.27. The van der Waals surface area contributed by atoms with Gasteiger partial charge in [-0.3, -0.25) is 4.79 Å². The lowest BCUT2D eigenvalue weighted by molar-refractivity contribution is -0.143. The molecule has 1 aliphatic heterocycles. The Kier molecular flexibility index (Phi) is 4.15. The van der Waals surface area contributed by atoms with Crippen LogP contribution in [0.5, 0.6) is 0 Å². The molecule has 1 saturated heterocycles. The quantitative estimate of drug-likeness (QED) is 0.832. The van der Waals surface area contributed by atoms with Crippen LogP contribution >= 0.6 is 0 Å². The standard InChI is InChI=1S/C13H20F2N2O3/c1-8-2-10(11(18)19)7-17(6-8)12(20)16-5-9-3-13(14,15)4-9/h8-10H,2-7H2,1H3,(H,16,20)(H,18,19). The van der Waals surface area contributed by atoms with Crippen LogP contribution in [0.3, 0.4) is 0 Å². The first-order valence-electron chi connectivity index (χ1n) is 6.90. The molecule has 2 amide bonds. The molecule has 0 aromatic carbocycles. The van der Waals surface area contributed by atoms with Gasteiger partial charge in [0.05, 0.1) is 5.92 Å². The molecule has 114 valence electrons. The number of likely N-dealkylation sites (tertiary alicyclic amines) is 1. The maximum Gasteiger partial charge on any atom is 0.317 e. The SMILES string of the molecule is CC1CC(C(=O)O)CN(C(=O)NCC2CC(F)(F)C2)C1. The van der Waals surface area contributed by atoms with Crippen molar-refractivity contribution in [2.24, 2.45) is 17.8 Å². The normalized spacial score (nSPS) is 29.6. The van der Waals surface area contributed by atoms with Gasteiger partial charge in [-0.1, -0.05) is 6.92 Å². The van der Waals surface area contributed by atoms with E-state index in [0.29, 0.717) is 13.0 Å². The molecule has 1 heterocycles. The molecule has 0 aromatic heterocycles. The Labute approximate surface area is 116 Å². The van der Waals surface area contributed by atoms with E-state index in [-0.39, 0.29) is 43.8 Å². The van der Waals surface area contributed by atoms with Crippen molar-refractivity contribution < 1.29 is 23.5 Å². The zero-order valence-electron chi connectivity index (χ0n) is 11.4. The summed E-state index contributed by atoms with van der Waals surface area (Å²) in [5.41, 5.74) is 0. The number of amides is 2. The number of alkyl halides is 2. The Morgan fingerprint density at radius 2 is 2.00 bits per heavy atom. The van der Waals surface area contributed by atoms with Crippen molar-refractivity contribution in [2.45, 2.75) is 32.1 Å². The number of carboxylic acids is 1. The summed E-state index contributed by atoms with van der Waals surface area (Å²) in [6.45, 7) is 2.83. The van der Waals surface area contributed by atoms with Gasteiger partial charge in [-0.2, -0.15) is 0 Å². The van der Waals surface area contributed by atoms with Gasteiger partial charge < -0.3 is 15.3 Å². The van der Waals surface area contributed by atoms with E-state index in [1.54, 1.807) is 0 Å². The summed E-state index contributed by atoms with van der Waals surface area (Å²) in [5, 5.41) is 11.7. The lowest BCUT2D eigenvalue weighted by Gasteiger charge is -2.37. The fourth-order valence-electron chi connectivity index (χ4n) is 2.97. The second-order valence-electron chi connectivity index (χ2n) is 6.10. The fourth-order valence-corrected chi connectivity index (χ4v) is 2.97. The third kappa shape index (κ3) is 3.58. The average Bonchev–Trinajstić information content (AvgIpc) is 2.32. The number of nitrogens with one attached hydrogen (secondary N) is 1. The molecule has 1 saturated carbocycles. The van der Waals surface area contributed by atoms with Crippen LogP contribution in [-0.4, -0.2) is 47.6 Å². The van der Waals surface area contributed by atoms with Crippen molar-refractivity contribution in [3.8, 4) is 0 Å². The fraction of sp³-hybridized carbons (Fsp3) is 0.846. The number of carbonyl (C=O) groups is 2. The number of hydrogen-bond donors (Lipinski definition) is 2. The molecule has 2 unspecified atom stereocenters. The van der Waals surface area contributed by atoms with E-state index in [1.807, 2.05) is 6.92 Å². The molecule has 0 aromatic rings. The van der Waals surface area contributed by atoms with E-state index in [1.165, 1.54) is 4.90 Å². The topological polar surface area (TPSA) is 69.6 Å². The van der Waals surface area contributed by atoms with Crippen molar-refractivity contribution in [3.63, 3.8) is 0 Å². The lowest BCUT2D eigenvalue weighted by Crippen LogP contribution is -2.51. The number of nitrogens with zero attached hydrogens (tertiary/aromatic N) is 1. The van der Waals surface area contributed by atoms with Crippen molar-refractivity contribution in [3.05, 3.63) is 0 Å². The van der Waals surface area contributed by atoms with Crippen molar-refractivity contribution in [1.29, 1.82) is 0 Å². The molecule has 2 aliphatic rings. The summed E-state index contributed by atoms with van der Waals surface area (Å²) in [6, 6.07) is -0.349. The van der Waals surface area contributed by atoms with E-state index in [4.69, 9.17) is 5.11 Å². The molecule has 2 N–H and O–H groups in total. The molecule has 0 radical (unpaired) electrons. The number of rotatable bonds is 3. The van der Waals surface area contributed by atoms with Crippen molar-refractivity contribution in [1.82, 2.24) is 10.2 Å². The molecule has 2 fully saturated rings. The Hall–Kier alpha value is -1.40. The van der Waals surface area contributed by atoms with Crippen LogP contribution in [0.15, 0.2) is 0 Å². The number of urea groups is 1. The summed E-state index contributed by atoms with van der Waals surface area (Å²) in [4.78, 5) is 24.4. The molecule has 20 heavy (non-hydrogen) atoms. The smallest absolute Gasteiger partial charge is 0.317 e. The van der Waals surface area contributed by atoms with Crippen LogP contribution < -0.4 is 5.32 Å². The number of aliphatic carboxylic acids is 1. The maximum atomic E-state index is 12.7. The summed E-state index contributed by atoms with van der Waals surface area (Å²) < 4.78 is 25.3. The Bertz CT molecular complexity index is 395. The molecule has 0 spiro atoms. The minimum Gasteiger partial charge on any atom is -0.481 e. The van der Waals surface area contributed by atoms with E-state index in [0.717, 1.165) is 0 Å². The van der Waals surface area contributed by atoms with Gasteiger partial charge in [0.15, 0.2) is 0 Å². The number of carboxylic acid groups (broad SMARTS) is 1. The summed E-state index contributed by atoms with van der Waals surface area (Å²) in [5.74, 6) is -4.07. The predicted molar refractivity (Wildman–Crippen MR) is 67.5 cm³/mol. The molecule has 7 heteroatoms. The molecule has 2 rings (SSSR count). The number of hydrogen-bond acceptors (Lipinski definition) is 2. The highest BCUT2D eigenvalue weighted by atomic mass is 19.3. The second kappa shape index (κ2) is 5.54. The summed E-state index contributed by atoms with van der Waals surface area (Å²) in [7, 11) is 0. The summed E-state index contributed by atoms with van der Waals surface area (Å²) in [6.07, 6.45) is 0.205. The zero-order valence-corrected chi connectivity index (χ0v) is 11.4. The number of halogens is 2. The molecule has 0 bridgehead atoms. The molecule has 1 aliphatic carbocycles. The predicted octanol–water partition coefficient (Wildman–Crippen LogP) is 1.78. The lowest BCUT2D eigenvalue weighted by atomic mass is 9.81. The van der Waals surface area contributed by atoms with Crippen LogP contribution in [0.25, 0.3) is 0 Å². The first-order valence-corrected chi connectivity index (χ1v) is 6.90. The van der Waals surface area contributed by atoms with Gasteiger partial charge in [-0.05, 0) is 18.3 Å². The Morgan fingerprint density at radius 1 is 1.35 bits per heavy atom. The van der Waals surface area contributed by atoms with Crippen molar-refractivity contribution in [2.75, 3.05) is 19.6 Å². The molecular formula is C13H20F2N2O3. The van der Waals surface area contributed by atoms with Gasteiger partial charge >= 0.3 is 12.0 Å². The molecule has 5 nitrogen and oxygen atoms in total. The van der Waals surface area contributed by atoms with Gasteiger partial charge in [-0.25, -0.2) is 13.6 Å². The minimum atomic E-state index is -2.58. The number of piperidine rings is 1. The second-order valence-corrected chi connectivity index (χ2v) is 6.10. The largest absolute Gasteiger partial charge is 0.481 e. The third-order valence-corrected chi connectivity index (χ3v) is 4.01. The van der Waals surface area contributed by atoms with Gasteiger partial charge in [-0.15, -0.1) is 0 Å². The van der Waals surface area contributed by atoms with Gasteiger partial charge in [0.25, 0.3) is 0 Å². The maximum absolute atomic E-state index is 12.7. The van der Waals surface area contributed by atoms with Crippen molar-refractivity contribution >= 4 is 12.0 Å². The van der Waals surface area contributed by atoms with Crippen LogP contribution in [0.4, 0.5) is 13.6 Å². The van der Waals surface area contributed by atoms with E-state index >= 15 is 0 Å². The molecule has 2 atom stereocenters. The average molecular weight is 290 g/mol. The highest BCUT2D eigenvalue weighted by molar-refractivity contribution is 5.76. The van der Waals surface area contributed by atoms with Gasteiger partial charge in [0.2, 0.25) is 5.92 Å². The van der Waals surface area contributed by atoms with Gasteiger partial charge in [0, 0.05) is 32.5 Å². The monoisotopic (exact) mass is 290 g/mol. The van der Waals surface area contributed by atoms with Crippen LogP contribution in [0, 0.1) is 17.8 Å². The zero-order chi connectivity index (χ0) is 14.9. The summed E-state index contributed by atoms with van der Waals surface area (Å²) >= 11 is 0. The van der Waals surface area contributed by atoms with E-state index in [2.05, 4.69) is 5.32 Å². The van der Waals surface area contributed by atoms with Crippen LogP contribution in [-0.2, 0) is 4.79 Å². The Morgan fingerprint density at radius 3 is 2.55 bits per heavy atom. The first kappa shape index (κ1) is 15.0. The third-order valence-electron chi connectivity index (χ3n) is 4.01.